The van der Waals surface area contributed by atoms with E-state index in [0.29, 0.717) is 11.2 Å². The Morgan fingerprint density at radius 3 is 2.93 bits per heavy atom. The summed E-state index contributed by atoms with van der Waals surface area (Å²) in [6, 6.07) is 4.94. The van der Waals surface area contributed by atoms with E-state index in [9.17, 15) is 8.78 Å². The van der Waals surface area contributed by atoms with Crippen molar-refractivity contribution in [2.24, 2.45) is 0 Å². The van der Waals surface area contributed by atoms with E-state index in [1.165, 1.54) is 4.68 Å². The van der Waals surface area contributed by atoms with E-state index in [0.717, 1.165) is 0 Å². The molecule has 0 aliphatic carbocycles. The van der Waals surface area contributed by atoms with Gasteiger partial charge in [0.2, 0.25) is 5.95 Å². The van der Waals surface area contributed by atoms with E-state index in [1.54, 1.807) is 18.2 Å². The summed E-state index contributed by atoms with van der Waals surface area (Å²) in [7, 11) is 0. The lowest BCUT2D eigenvalue weighted by Gasteiger charge is -1.99. The Bertz CT molecular complexity index is 464. The quantitative estimate of drug-likeness (QED) is 0.745. The molecule has 0 fully saturated rings. The van der Waals surface area contributed by atoms with Crippen molar-refractivity contribution in [3.05, 3.63) is 24.1 Å². The summed E-state index contributed by atoms with van der Waals surface area (Å²) in [6.07, 6.45) is 0. The van der Waals surface area contributed by atoms with Crippen LogP contribution >= 0.6 is 0 Å². The Hall–Kier alpha value is -1.65. The number of nitrogen functional groups attached to an aromatic ring is 1. The third-order valence-corrected chi connectivity index (χ3v) is 2.06. The third kappa shape index (κ3) is 1.21. The van der Waals surface area contributed by atoms with Crippen LogP contribution in [-0.4, -0.2) is 16.5 Å². The summed E-state index contributed by atoms with van der Waals surface area (Å²) < 4.78 is 26.6. The van der Waals surface area contributed by atoms with Gasteiger partial charge in [0.25, 0.3) is 0 Å². The Morgan fingerprint density at radius 1 is 1.43 bits per heavy atom. The molecule has 14 heavy (non-hydrogen) atoms. The maximum atomic E-state index is 13.3. The summed E-state index contributed by atoms with van der Waals surface area (Å²) >= 11 is 0. The van der Waals surface area contributed by atoms with Crippen molar-refractivity contribution in [3.63, 3.8) is 0 Å². The zero-order valence-corrected chi connectivity index (χ0v) is 7.37. The molecule has 1 heterocycles. The molecule has 0 amide bonds. The average Bonchev–Trinajstić information content (AvgIpc) is 2.46. The van der Waals surface area contributed by atoms with Crippen molar-refractivity contribution in [1.29, 1.82) is 0 Å². The monoisotopic (exact) mass is 197 g/mol. The fraction of sp³-hybridized carbons (Fsp3) is 0.222. The van der Waals surface area contributed by atoms with Gasteiger partial charge in [-0.25, -0.2) is 4.39 Å². The molecule has 0 saturated carbocycles. The average molecular weight is 197 g/mol. The van der Waals surface area contributed by atoms with Crippen LogP contribution < -0.4 is 5.73 Å². The maximum absolute atomic E-state index is 13.3. The summed E-state index contributed by atoms with van der Waals surface area (Å²) in [5.41, 5.74) is 6.43. The number of rotatable bonds is 2. The number of benzene rings is 1. The maximum Gasteiger partial charge on any atom is 0.242 e. The molecule has 74 valence electrons. The topological polar surface area (TPSA) is 43.8 Å². The van der Waals surface area contributed by atoms with Crippen LogP contribution in [0.3, 0.4) is 0 Å². The molecule has 2 N–H and O–H groups in total. The zero-order valence-electron chi connectivity index (χ0n) is 7.37. The van der Waals surface area contributed by atoms with Crippen LogP contribution in [0.1, 0.15) is 0 Å². The number of hydrogen-bond donors (Lipinski definition) is 1. The number of nitrogens with zero attached hydrogens (tertiary/aromatic N) is 2. The SMILES string of the molecule is Nc1cccc2c1c(F)nn2CCF. The molecule has 5 heteroatoms. The highest BCUT2D eigenvalue weighted by molar-refractivity contribution is 5.90. The van der Waals surface area contributed by atoms with Gasteiger partial charge >= 0.3 is 0 Å². The highest BCUT2D eigenvalue weighted by atomic mass is 19.1. The minimum Gasteiger partial charge on any atom is -0.398 e. The Morgan fingerprint density at radius 2 is 2.21 bits per heavy atom. The summed E-state index contributed by atoms with van der Waals surface area (Å²) in [4.78, 5) is 0. The molecule has 0 spiro atoms. The minimum atomic E-state index is -0.647. The first-order chi connectivity index (χ1) is 6.74. The number of alkyl halides is 1. The first kappa shape index (κ1) is 8.93. The first-order valence-electron chi connectivity index (χ1n) is 4.20. The lowest BCUT2D eigenvalue weighted by Crippen LogP contribution is -2.01. The van der Waals surface area contributed by atoms with Crippen LogP contribution in [0.15, 0.2) is 18.2 Å². The molecule has 0 unspecified atom stereocenters. The molecule has 2 rings (SSSR count). The van der Waals surface area contributed by atoms with Gasteiger partial charge in [-0.2, -0.15) is 4.39 Å². The second-order valence-electron chi connectivity index (χ2n) is 2.94. The molecule has 0 aliphatic rings. The van der Waals surface area contributed by atoms with Gasteiger partial charge in [-0.3, -0.25) is 4.68 Å². The molecule has 0 aliphatic heterocycles. The van der Waals surface area contributed by atoms with E-state index in [1.807, 2.05) is 0 Å². The first-order valence-corrected chi connectivity index (χ1v) is 4.20. The molecule has 1 aromatic heterocycles. The van der Waals surface area contributed by atoms with Gasteiger partial charge in [-0.1, -0.05) is 6.07 Å². The van der Waals surface area contributed by atoms with Crippen molar-refractivity contribution >= 4 is 16.6 Å². The van der Waals surface area contributed by atoms with E-state index in [2.05, 4.69) is 5.10 Å². The fourth-order valence-corrected chi connectivity index (χ4v) is 1.46. The smallest absolute Gasteiger partial charge is 0.242 e. The number of nitrogens with two attached hydrogens (primary N) is 1. The normalized spacial score (nSPS) is 11.0. The molecule has 0 radical (unpaired) electrons. The largest absolute Gasteiger partial charge is 0.398 e. The number of fused-ring (bicyclic) bond motifs is 1. The van der Waals surface area contributed by atoms with E-state index >= 15 is 0 Å². The highest BCUT2D eigenvalue weighted by Crippen LogP contribution is 2.23. The van der Waals surface area contributed by atoms with Crippen molar-refractivity contribution in [2.75, 3.05) is 12.4 Å². The van der Waals surface area contributed by atoms with Crippen LogP contribution in [-0.2, 0) is 6.54 Å². The van der Waals surface area contributed by atoms with Crippen molar-refractivity contribution in [2.45, 2.75) is 6.54 Å². The molecule has 2 aromatic rings. The summed E-state index contributed by atoms with van der Waals surface area (Å²) in [5.74, 6) is -0.647. The Balaban J connectivity index is 2.71. The van der Waals surface area contributed by atoms with Crippen molar-refractivity contribution < 1.29 is 8.78 Å². The Kier molecular flexibility index (Phi) is 2.07. The summed E-state index contributed by atoms with van der Waals surface area (Å²) in [6.45, 7) is -0.533. The van der Waals surface area contributed by atoms with Crippen molar-refractivity contribution in [1.82, 2.24) is 9.78 Å². The third-order valence-electron chi connectivity index (χ3n) is 2.06. The zero-order chi connectivity index (χ0) is 10.1. The molecular weight excluding hydrogens is 188 g/mol. The van der Waals surface area contributed by atoms with Gasteiger partial charge in [0, 0.05) is 5.69 Å². The number of aromatic nitrogens is 2. The van der Waals surface area contributed by atoms with Gasteiger partial charge in [0.05, 0.1) is 17.4 Å². The molecule has 0 bridgehead atoms. The van der Waals surface area contributed by atoms with Crippen LogP contribution in [0, 0.1) is 5.95 Å². The molecule has 1 aromatic carbocycles. The van der Waals surface area contributed by atoms with Crippen LogP contribution in [0.25, 0.3) is 10.9 Å². The Labute approximate surface area is 79.1 Å². The molecule has 0 atom stereocenters. The van der Waals surface area contributed by atoms with Gasteiger partial charge in [0.1, 0.15) is 6.67 Å². The van der Waals surface area contributed by atoms with Crippen LogP contribution in [0.5, 0.6) is 0 Å². The van der Waals surface area contributed by atoms with Crippen LogP contribution in [0.4, 0.5) is 14.5 Å². The van der Waals surface area contributed by atoms with E-state index in [4.69, 9.17) is 5.73 Å². The van der Waals surface area contributed by atoms with Gasteiger partial charge in [-0.15, -0.1) is 5.10 Å². The predicted octanol–water partition coefficient (Wildman–Crippen LogP) is 1.73. The second-order valence-corrected chi connectivity index (χ2v) is 2.94. The number of halogens is 2. The molecular formula is C9H9F2N3. The number of aryl methyl sites for hydroxylation is 1. The minimum absolute atomic E-state index is 0.0455. The molecule has 0 saturated heterocycles. The van der Waals surface area contributed by atoms with Crippen molar-refractivity contribution in [3.8, 4) is 0 Å². The lowest BCUT2D eigenvalue weighted by atomic mass is 10.2. The predicted molar refractivity (Wildman–Crippen MR) is 50.1 cm³/mol. The second kappa shape index (κ2) is 3.25. The summed E-state index contributed by atoms with van der Waals surface area (Å²) in [5, 5.41) is 3.84. The van der Waals surface area contributed by atoms with Gasteiger partial charge in [0.15, 0.2) is 0 Å². The number of hydrogen-bond acceptors (Lipinski definition) is 2. The van der Waals surface area contributed by atoms with Gasteiger partial charge in [-0.05, 0) is 12.1 Å². The number of anilines is 1. The van der Waals surface area contributed by atoms with Crippen LogP contribution in [0.2, 0.25) is 0 Å². The highest BCUT2D eigenvalue weighted by Gasteiger charge is 2.11. The fourth-order valence-electron chi connectivity index (χ4n) is 1.46. The lowest BCUT2D eigenvalue weighted by molar-refractivity contribution is 0.422. The standard InChI is InChI=1S/C9H9F2N3/c10-4-5-14-7-3-1-2-6(12)8(7)9(11)13-14/h1-3H,4-5,12H2. The molecule has 3 nitrogen and oxygen atoms in total. The van der Waals surface area contributed by atoms with E-state index < -0.39 is 12.6 Å². The van der Waals surface area contributed by atoms with E-state index in [-0.39, 0.29) is 11.9 Å². The van der Waals surface area contributed by atoms with Gasteiger partial charge < -0.3 is 5.73 Å².